The van der Waals surface area contributed by atoms with E-state index < -0.39 is 6.10 Å². The van der Waals surface area contributed by atoms with Gasteiger partial charge >= 0.3 is 0 Å². The van der Waals surface area contributed by atoms with Crippen molar-refractivity contribution < 1.29 is 14.3 Å². The molecular weight excluding hydrogens is 294 g/mol. The number of hydrogen-bond donors (Lipinski definition) is 1. The lowest BCUT2D eigenvalue weighted by molar-refractivity contribution is -0.124. The Bertz CT molecular complexity index is 528. The molecule has 0 bridgehead atoms. The molecule has 1 N–H and O–H groups in total. The molecule has 1 unspecified atom stereocenters. The minimum absolute atomic E-state index is 0.178. The first-order valence-corrected chi connectivity index (χ1v) is 7.95. The van der Waals surface area contributed by atoms with Crippen LogP contribution in [0.2, 0.25) is 0 Å². The Morgan fingerprint density at radius 1 is 1.26 bits per heavy atom. The van der Waals surface area contributed by atoms with E-state index in [1.807, 2.05) is 18.2 Å². The summed E-state index contributed by atoms with van der Waals surface area (Å²) < 4.78 is 10.4. The number of amides is 1. The second kappa shape index (κ2) is 8.29. The molecule has 1 saturated heterocycles. The largest absolute Gasteiger partial charge is 0.495 e. The first-order chi connectivity index (χ1) is 11.0. The lowest BCUT2D eigenvalue weighted by Crippen LogP contribution is -2.43. The van der Waals surface area contributed by atoms with Gasteiger partial charge in [-0.05, 0) is 31.7 Å². The molecule has 23 heavy (non-hydrogen) atoms. The number of piperazine rings is 1. The number of ether oxygens (including phenoxy) is 2. The van der Waals surface area contributed by atoms with Crippen molar-refractivity contribution in [2.45, 2.75) is 19.6 Å². The lowest BCUT2D eigenvalue weighted by Gasteiger charge is -2.32. The Morgan fingerprint density at radius 3 is 2.57 bits per heavy atom. The van der Waals surface area contributed by atoms with Gasteiger partial charge in [0.1, 0.15) is 11.9 Å². The standard InChI is InChI=1S/C17H27N3O3/c1-13(22-3)17(21)18-15-11-14(5-6-16(15)23-4)12-20-9-7-19(2)8-10-20/h5-6,11,13H,7-10,12H2,1-4H3,(H,18,21). The zero-order chi connectivity index (χ0) is 16.8. The maximum atomic E-state index is 12.0. The second-order valence-corrected chi connectivity index (χ2v) is 5.98. The van der Waals surface area contributed by atoms with Crippen molar-refractivity contribution in [1.29, 1.82) is 0 Å². The zero-order valence-corrected chi connectivity index (χ0v) is 14.5. The van der Waals surface area contributed by atoms with Crippen molar-refractivity contribution in [2.24, 2.45) is 0 Å². The average Bonchev–Trinajstić information content (AvgIpc) is 2.56. The van der Waals surface area contributed by atoms with Crippen molar-refractivity contribution in [3.05, 3.63) is 23.8 Å². The van der Waals surface area contributed by atoms with E-state index in [1.54, 1.807) is 14.0 Å². The summed E-state index contributed by atoms with van der Waals surface area (Å²) in [5, 5.41) is 2.88. The number of anilines is 1. The highest BCUT2D eigenvalue weighted by molar-refractivity contribution is 5.95. The summed E-state index contributed by atoms with van der Waals surface area (Å²) >= 11 is 0. The number of benzene rings is 1. The maximum Gasteiger partial charge on any atom is 0.253 e. The van der Waals surface area contributed by atoms with Crippen molar-refractivity contribution >= 4 is 11.6 Å². The monoisotopic (exact) mass is 321 g/mol. The summed E-state index contributed by atoms with van der Waals surface area (Å²) in [7, 11) is 5.27. The minimum atomic E-state index is -0.499. The summed E-state index contributed by atoms with van der Waals surface area (Å²) in [4.78, 5) is 16.8. The van der Waals surface area contributed by atoms with Gasteiger partial charge in [-0.3, -0.25) is 9.69 Å². The van der Waals surface area contributed by atoms with E-state index in [1.165, 1.54) is 7.11 Å². The van der Waals surface area contributed by atoms with Crippen LogP contribution in [0.25, 0.3) is 0 Å². The third-order valence-corrected chi connectivity index (χ3v) is 4.25. The number of methoxy groups -OCH3 is 2. The fourth-order valence-corrected chi connectivity index (χ4v) is 2.56. The van der Waals surface area contributed by atoms with Gasteiger partial charge in [-0.1, -0.05) is 6.07 Å². The summed E-state index contributed by atoms with van der Waals surface area (Å²) in [6, 6.07) is 5.93. The topological polar surface area (TPSA) is 54.0 Å². The van der Waals surface area contributed by atoms with Gasteiger partial charge in [0.15, 0.2) is 0 Å². The quantitative estimate of drug-likeness (QED) is 0.859. The van der Waals surface area contributed by atoms with Gasteiger partial charge in [0.2, 0.25) is 0 Å². The number of nitrogens with one attached hydrogen (secondary N) is 1. The third kappa shape index (κ3) is 4.92. The fourth-order valence-electron chi connectivity index (χ4n) is 2.56. The molecule has 1 aromatic rings. The fraction of sp³-hybridized carbons (Fsp3) is 0.588. The molecule has 1 atom stereocenters. The second-order valence-electron chi connectivity index (χ2n) is 5.98. The summed E-state index contributed by atoms with van der Waals surface area (Å²) in [6.07, 6.45) is -0.499. The predicted octanol–water partition coefficient (Wildman–Crippen LogP) is 1.42. The van der Waals surface area contributed by atoms with Crippen LogP contribution >= 0.6 is 0 Å². The molecule has 6 nitrogen and oxygen atoms in total. The van der Waals surface area contributed by atoms with Crippen LogP contribution in [-0.4, -0.2) is 69.3 Å². The molecule has 1 heterocycles. The molecule has 1 aromatic carbocycles. The molecule has 0 spiro atoms. The molecule has 0 aliphatic carbocycles. The van der Waals surface area contributed by atoms with Crippen LogP contribution in [0.3, 0.4) is 0 Å². The molecule has 1 aliphatic rings. The Hall–Kier alpha value is -1.63. The third-order valence-electron chi connectivity index (χ3n) is 4.25. The van der Waals surface area contributed by atoms with Gasteiger partial charge in [-0.25, -0.2) is 0 Å². The molecule has 6 heteroatoms. The van der Waals surface area contributed by atoms with Crippen LogP contribution in [0.1, 0.15) is 12.5 Å². The Morgan fingerprint density at radius 2 is 1.96 bits per heavy atom. The van der Waals surface area contributed by atoms with Crippen LogP contribution in [0.15, 0.2) is 18.2 Å². The molecule has 0 radical (unpaired) electrons. The molecule has 0 aromatic heterocycles. The average molecular weight is 321 g/mol. The molecule has 1 amide bonds. The Kier molecular flexibility index (Phi) is 6.38. The normalized spacial score (nSPS) is 17.7. The number of carbonyl (C=O) groups is 1. The molecular formula is C17H27N3O3. The lowest BCUT2D eigenvalue weighted by atomic mass is 10.1. The van der Waals surface area contributed by atoms with Crippen LogP contribution in [-0.2, 0) is 16.1 Å². The van der Waals surface area contributed by atoms with Crippen LogP contribution in [0.5, 0.6) is 5.75 Å². The number of hydrogen-bond acceptors (Lipinski definition) is 5. The van der Waals surface area contributed by atoms with E-state index in [2.05, 4.69) is 22.2 Å². The Balaban J connectivity index is 2.07. The van der Waals surface area contributed by atoms with E-state index in [-0.39, 0.29) is 5.91 Å². The van der Waals surface area contributed by atoms with E-state index in [0.717, 1.165) is 38.3 Å². The van der Waals surface area contributed by atoms with E-state index >= 15 is 0 Å². The number of rotatable bonds is 6. The van der Waals surface area contributed by atoms with Gasteiger partial charge in [0, 0.05) is 39.8 Å². The SMILES string of the molecule is COc1ccc(CN2CCN(C)CC2)cc1NC(=O)C(C)OC. The van der Waals surface area contributed by atoms with E-state index in [9.17, 15) is 4.79 Å². The van der Waals surface area contributed by atoms with Crippen molar-refractivity contribution in [3.63, 3.8) is 0 Å². The summed E-state index contributed by atoms with van der Waals surface area (Å²) in [5.74, 6) is 0.478. The predicted molar refractivity (Wildman–Crippen MR) is 90.9 cm³/mol. The highest BCUT2D eigenvalue weighted by Crippen LogP contribution is 2.26. The zero-order valence-electron chi connectivity index (χ0n) is 14.5. The summed E-state index contributed by atoms with van der Waals surface area (Å²) in [6.45, 7) is 6.89. The molecule has 1 fully saturated rings. The van der Waals surface area contributed by atoms with Gasteiger partial charge < -0.3 is 19.7 Å². The molecule has 2 rings (SSSR count). The van der Waals surface area contributed by atoms with Gasteiger partial charge in [0.05, 0.1) is 12.8 Å². The van der Waals surface area contributed by atoms with E-state index in [4.69, 9.17) is 9.47 Å². The molecule has 1 aliphatic heterocycles. The van der Waals surface area contributed by atoms with Crippen molar-refractivity contribution in [3.8, 4) is 5.75 Å². The maximum absolute atomic E-state index is 12.0. The first-order valence-electron chi connectivity index (χ1n) is 7.95. The molecule has 128 valence electrons. The van der Waals surface area contributed by atoms with Crippen LogP contribution in [0.4, 0.5) is 5.69 Å². The van der Waals surface area contributed by atoms with Crippen LogP contribution in [0, 0.1) is 0 Å². The first kappa shape index (κ1) is 17.7. The minimum Gasteiger partial charge on any atom is -0.495 e. The highest BCUT2D eigenvalue weighted by Gasteiger charge is 2.17. The van der Waals surface area contributed by atoms with E-state index in [0.29, 0.717) is 11.4 Å². The Labute approximate surface area is 138 Å². The van der Waals surface area contributed by atoms with Crippen molar-refractivity contribution in [1.82, 2.24) is 9.80 Å². The summed E-state index contributed by atoms with van der Waals surface area (Å²) in [5.41, 5.74) is 1.85. The van der Waals surface area contributed by atoms with Crippen molar-refractivity contribution in [2.75, 3.05) is 52.8 Å². The highest BCUT2D eigenvalue weighted by atomic mass is 16.5. The number of carbonyl (C=O) groups excluding carboxylic acids is 1. The molecule has 0 saturated carbocycles. The number of likely N-dealkylation sites (N-methyl/N-ethyl adjacent to an activating group) is 1. The van der Waals surface area contributed by atoms with Gasteiger partial charge in [0.25, 0.3) is 5.91 Å². The van der Waals surface area contributed by atoms with Gasteiger partial charge in [-0.15, -0.1) is 0 Å². The number of nitrogens with zero attached hydrogens (tertiary/aromatic N) is 2. The smallest absolute Gasteiger partial charge is 0.253 e. The van der Waals surface area contributed by atoms with Gasteiger partial charge in [-0.2, -0.15) is 0 Å². The van der Waals surface area contributed by atoms with Crippen LogP contribution < -0.4 is 10.1 Å².